The molecular weight excluding hydrogens is 112 g/mol. The zero-order valence-corrected chi connectivity index (χ0v) is 3.48. The van der Waals surface area contributed by atoms with Gasteiger partial charge in [-0.15, -0.1) is 0 Å². The molecule has 0 saturated carbocycles. The van der Waals surface area contributed by atoms with Crippen LogP contribution in [0.4, 0.5) is 13.2 Å². The van der Waals surface area contributed by atoms with E-state index < -0.39 is 6.18 Å². The molecular formula is C2F3P. The van der Waals surface area contributed by atoms with Gasteiger partial charge in [0.25, 0.3) is 0 Å². The number of halogens is 3. The van der Waals surface area contributed by atoms with Gasteiger partial charge in [-0.05, 0) is 0 Å². The van der Waals surface area contributed by atoms with Crippen LogP contribution in [0.15, 0.2) is 0 Å². The average molecular weight is 112 g/mol. The van der Waals surface area contributed by atoms with E-state index >= 15 is 0 Å². The Balaban J connectivity index is 3.55. The molecule has 0 spiro atoms. The van der Waals surface area contributed by atoms with Gasteiger partial charge in [0, 0.05) is 0 Å². The molecule has 0 aromatic carbocycles. The van der Waals surface area contributed by atoms with Crippen molar-refractivity contribution >= 4 is 8.70 Å². The Morgan fingerprint density at radius 2 is 1.50 bits per heavy atom. The molecule has 0 aliphatic heterocycles. The third-order valence-corrected chi connectivity index (χ3v) is 0.380. The summed E-state index contributed by atoms with van der Waals surface area (Å²) in [5.74, 6) is 0. The number of rotatable bonds is 0. The average Bonchev–Trinajstić information content (AvgIpc) is 1.35. The zero-order chi connectivity index (χ0) is 5.21. The van der Waals surface area contributed by atoms with Gasteiger partial charge in [0.1, 0.15) is 0 Å². The van der Waals surface area contributed by atoms with Crippen LogP contribution in [-0.4, -0.2) is 6.18 Å². The van der Waals surface area contributed by atoms with Crippen LogP contribution in [0.3, 0.4) is 0 Å². The molecule has 0 saturated heterocycles. The predicted molar refractivity (Wildman–Crippen MR) is 16.9 cm³/mol. The second kappa shape index (κ2) is 1.63. The summed E-state index contributed by atoms with van der Waals surface area (Å²) in [6.45, 7) is 0. The van der Waals surface area contributed by atoms with Gasteiger partial charge in [0.2, 0.25) is 0 Å². The molecule has 0 radical (unpaired) electrons. The molecule has 0 aliphatic rings. The van der Waals surface area contributed by atoms with E-state index in [0.717, 1.165) is 5.63 Å². The summed E-state index contributed by atoms with van der Waals surface area (Å²) in [5, 5.41) is 0. The van der Waals surface area contributed by atoms with Crippen LogP contribution in [0.1, 0.15) is 0 Å². The maximum atomic E-state index is 10.6. The second-order valence-electron chi connectivity index (χ2n) is 0.610. The fourth-order valence-electron chi connectivity index (χ4n) is 0. The van der Waals surface area contributed by atoms with E-state index in [9.17, 15) is 13.2 Å². The predicted octanol–water partition coefficient (Wildman–Crippen LogP) is 1.92. The van der Waals surface area contributed by atoms with Gasteiger partial charge in [-0.25, -0.2) is 0 Å². The van der Waals surface area contributed by atoms with Crippen LogP contribution < -0.4 is 0 Å². The molecule has 0 bridgehead atoms. The topological polar surface area (TPSA) is 0 Å². The fraction of sp³-hybridized carbons (Fsp3) is 0.500. The van der Waals surface area contributed by atoms with Crippen LogP contribution in [0.5, 0.6) is 0 Å². The summed E-state index contributed by atoms with van der Waals surface area (Å²) in [6, 6.07) is 0. The first kappa shape index (κ1) is 6.00. The van der Waals surface area contributed by atoms with Crippen molar-refractivity contribution in [3.05, 3.63) is 0 Å². The summed E-state index contributed by atoms with van der Waals surface area (Å²) in [5.41, 5.74) is 0.799. The molecule has 0 heterocycles. The van der Waals surface area contributed by atoms with Gasteiger partial charge in [0.15, 0.2) is 0 Å². The van der Waals surface area contributed by atoms with Gasteiger partial charge in [0.05, 0.1) is 0 Å². The van der Waals surface area contributed by atoms with Crippen molar-refractivity contribution in [2.45, 2.75) is 6.18 Å². The normalized spacial score (nSPS) is 10.3. The van der Waals surface area contributed by atoms with Crippen LogP contribution in [0.25, 0.3) is 0 Å². The van der Waals surface area contributed by atoms with Gasteiger partial charge in [-0.3, -0.25) is 0 Å². The van der Waals surface area contributed by atoms with Crippen molar-refractivity contribution in [2.75, 3.05) is 0 Å². The third kappa shape index (κ3) is 4.00. The first-order chi connectivity index (χ1) is 2.56. The van der Waals surface area contributed by atoms with E-state index in [-0.39, 0.29) is 0 Å². The van der Waals surface area contributed by atoms with Crippen LogP contribution in [0.2, 0.25) is 0 Å². The maximum absolute atomic E-state index is 10.6. The van der Waals surface area contributed by atoms with E-state index in [2.05, 4.69) is 8.70 Å². The summed E-state index contributed by atoms with van der Waals surface area (Å²) >= 11 is 0. The van der Waals surface area contributed by atoms with E-state index in [4.69, 9.17) is 0 Å². The van der Waals surface area contributed by atoms with Crippen molar-refractivity contribution < 1.29 is 13.2 Å². The SMILES string of the molecule is FC(F)(F)C#P. The second-order valence-corrected chi connectivity index (χ2v) is 0.833. The van der Waals surface area contributed by atoms with Crippen LogP contribution in [0, 0.1) is 5.63 Å². The Bertz CT molecular complexity index is 75.8. The molecule has 0 atom stereocenters. The van der Waals surface area contributed by atoms with E-state index in [1.165, 1.54) is 0 Å². The first-order valence-corrected chi connectivity index (χ1v) is 1.49. The van der Waals surface area contributed by atoms with Gasteiger partial charge in [-0.2, -0.15) is 0 Å². The molecule has 0 unspecified atom stereocenters. The standard InChI is InChI=1S/C2F3P/c3-2(4,5)1-6. The third-order valence-electron chi connectivity index (χ3n) is 0.127. The Kier molecular flexibility index (Phi) is 1.63. The summed E-state index contributed by atoms with van der Waals surface area (Å²) < 4.78 is 31.8. The van der Waals surface area contributed by atoms with Gasteiger partial charge in [-0.1, -0.05) is 0 Å². The minimum absolute atomic E-state index is 0.799. The molecule has 0 rings (SSSR count). The number of hydrogen-bond donors (Lipinski definition) is 0. The molecule has 0 N–H and O–H groups in total. The quantitative estimate of drug-likeness (QED) is 0.420. The molecule has 4 heteroatoms. The van der Waals surface area contributed by atoms with Crippen molar-refractivity contribution in [2.24, 2.45) is 0 Å². The molecule has 0 aliphatic carbocycles. The molecule has 34 valence electrons. The summed E-state index contributed by atoms with van der Waals surface area (Å²) in [4.78, 5) is 0. The molecule has 0 fully saturated rings. The Hall–Kier alpha value is -0.0000000000000000555. The molecule has 0 aromatic heterocycles. The molecule has 0 aromatic rings. The molecule has 0 amide bonds. The first-order valence-electron chi connectivity index (χ1n) is 1.04. The van der Waals surface area contributed by atoms with Crippen molar-refractivity contribution in [1.29, 1.82) is 0 Å². The van der Waals surface area contributed by atoms with Crippen molar-refractivity contribution in [3.8, 4) is 5.63 Å². The number of hydrogen-bond acceptors (Lipinski definition) is 0. The van der Waals surface area contributed by atoms with E-state index in [1.54, 1.807) is 0 Å². The Morgan fingerprint density at radius 1 is 1.33 bits per heavy atom. The van der Waals surface area contributed by atoms with Gasteiger partial charge >= 0.3 is 33.7 Å². The number of alkyl halides is 3. The van der Waals surface area contributed by atoms with Crippen molar-refractivity contribution in [3.63, 3.8) is 0 Å². The molecule has 6 heavy (non-hydrogen) atoms. The van der Waals surface area contributed by atoms with E-state index in [1.807, 2.05) is 0 Å². The monoisotopic (exact) mass is 112 g/mol. The van der Waals surface area contributed by atoms with Crippen molar-refractivity contribution in [1.82, 2.24) is 0 Å². The zero-order valence-electron chi connectivity index (χ0n) is 2.58. The van der Waals surface area contributed by atoms with Gasteiger partial charge < -0.3 is 0 Å². The Morgan fingerprint density at radius 3 is 1.50 bits per heavy atom. The van der Waals surface area contributed by atoms with Crippen LogP contribution in [-0.2, 0) is 0 Å². The minimum atomic E-state index is -4.34. The molecule has 0 nitrogen and oxygen atoms in total. The fourth-order valence-corrected chi connectivity index (χ4v) is 0. The van der Waals surface area contributed by atoms with Crippen LogP contribution >= 0.6 is 8.70 Å². The Labute approximate surface area is 34.9 Å². The summed E-state index contributed by atoms with van der Waals surface area (Å²) in [7, 11) is 2.73. The van der Waals surface area contributed by atoms with E-state index in [0.29, 0.717) is 0 Å². The summed E-state index contributed by atoms with van der Waals surface area (Å²) in [6.07, 6.45) is -4.34.